The van der Waals surface area contributed by atoms with Crippen LogP contribution in [0.5, 0.6) is 0 Å². The summed E-state index contributed by atoms with van der Waals surface area (Å²) in [6.45, 7) is 0. The number of nitrogens with two attached hydrogens (primary N) is 1. The van der Waals surface area contributed by atoms with Gasteiger partial charge < -0.3 is 5.73 Å². The number of halogens is 2. The lowest BCUT2D eigenvalue weighted by Gasteiger charge is -2.04. The fourth-order valence-corrected chi connectivity index (χ4v) is 5.37. The van der Waals surface area contributed by atoms with Crippen molar-refractivity contribution in [1.82, 2.24) is 0 Å². The van der Waals surface area contributed by atoms with Gasteiger partial charge in [-0.25, -0.2) is 8.42 Å². The zero-order chi connectivity index (χ0) is 16.8. The van der Waals surface area contributed by atoms with Gasteiger partial charge in [0.25, 0.3) is 0 Å². The van der Waals surface area contributed by atoms with Gasteiger partial charge in [0.2, 0.25) is 0 Å². The lowest BCUT2D eigenvalue weighted by molar-refractivity contribution is 0.592. The molecule has 1 fully saturated rings. The third-order valence-corrected chi connectivity index (χ3v) is 6.80. The molecule has 0 spiro atoms. The maximum absolute atomic E-state index is 12.8. The number of nitriles is 1. The van der Waals surface area contributed by atoms with Crippen LogP contribution in [0.15, 0.2) is 53.4 Å². The van der Waals surface area contributed by atoms with Gasteiger partial charge in [0, 0.05) is 16.0 Å². The first-order chi connectivity index (χ1) is 10.8. The molecule has 1 aliphatic carbocycles. The second kappa shape index (κ2) is 5.50. The van der Waals surface area contributed by atoms with E-state index in [9.17, 15) is 13.7 Å². The van der Waals surface area contributed by atoms with E-state index in [1.54, 1.807) is 24.3 Å². The van der Waals surface area contributed by atoms with Gasteiger partial charge in [0.05, 0.1) is 11.0 Å². The Kier molecular flexibility index (Phi) is 3.89. The molecular formula is C16H12Cl2N2O2S. The molecule has 0 aromatic heterocycles. The molecule has 23 heavy (non-hydrogen) atoms. The van der Waals surface area contributed by atoms with Crippen LogP contribution in [-0.2, 0) is 9.84 Å². The largest absolute Gasteiger partial charge is 0.312 e. The average molecular weight is 367 g/mol. The molecule has 0 aliphatic heterocycles. The van der Waals surface area contributed by atoms with E-state index in [-0.39, 0.29) is 4.90 Å². The van der Waals surface area contributed by atoms with Crippen molar-refractivity contribution >= 4 is 33.0 Å². The topological polar surface area (TPSA) is 83.9 Å². The summed E-state index contributed by atoms with van der Waals surface area (Å²) in [5.74, 6) is -0.619. The lowest BCUT2D eigenvalue weighted by Crippen LogP contribution is -2.29. The molecule has 0 heterocycles. The molecule has 0 amide bonds. The summed E-state index contributed by atoms with van der Waals surface area (Å²) in [4.78, 5) is 0.0986. The molecule has 118 valence electrons. The number of sulfone groups is 1. The summed E-state index contributed by atoms with van der Waals surface area (Å²) in [5.41, 5.74) is 5.23. The molecule has 4 nitrogen and oxygen atoms in total. The molecule has 0 radical (unpaired) electrons. The van der Waals surface area contributed by atoms with Crippen molar-refractivity contribution in [3.63, 3.8) is 0 Å². The highest BCUT2D eigenvalue weighted by Crippen LogP contribution is 2.55. The quantitative estimate of drug-likeness (QED) is 0.903. The van der Waals surface area contributed by atoms with Crippen molar-refractivity contribution in [2.24, 2.45) is 5.73 Å². The molecular weight excluding hydrogens is 355 g/mol. The van der Waals surface area contributed by atoms with E-state index in [1.165, 1.54) is 24.3 Å². The van der Waals surface area contributed by atoms with Crippen molar-refractivity contribution in [2.75, 3.05) is 0 Å². The van der Waals surface area contributed by atoms with Crippen LogP contribution < -0.4 is 5.73 Å². The smallest absolute Gasteiger partial charge is 0.184 e. The first kappa shape index (κ1) is 16.3. The summed E-state index contributed by atoms with van der Waals surface area (Å²) in [6, 6.07) is 14.5. The molecule has 0 bridgehead atoms. The highest BCUT2D eigenvalue weighted by molar-refractivity contribution is 7.92. The normalized spacial score (nSPS) is 26.5. The Hall–Kier alpha value is -1.58. The van der Waals surface area contributed by atoms with E-state index >= 15 is 0 Å². The first-order valence-corrected chi connectivity index (χ1v) is 9.06. The molecule has 0 unspecified atom stereocenters. The predicted molar refractivity (Wildman–Crippen MR) is 89.2 cm³/mol. The van der Waals surface area contributed by atoms with Crippen molar-refractivity contribution in [1.29, 1.82) is 5.26 Å². The third kappa shape index (κ3) is 2.62. The van der Waals surface area contributed by atoms with Gasteiger partial charge in [-0.3, -0.25) is 0 Å². The summed E-state index contributed by atoms with van der Waals surface area (Å²) in [6.07, 6.45) is 0. The zero-order valence-corrected chi connectivity index (χ0v) is 14.1. The number of benzene rings is 2. The van der Waals surface area contributed by atoms with Crippen LogP contribution in [0, 0.1) is 11.3 Å². The molecule has 2 aromatic rings. The maximum atomic E-state index is 12.8. The van der Waals surface area contributed by atoms with Gasteiger partial charge in [0.1, 0.15) is 10.8 Å². The minimum absolute atomic E-state index is 0.0986. The summed E-state index contributed by atoms with van der Waals surface area (Å²) < 4.78 is 25.7. The maximum Gasteiger partial charge on any atom is 0.184 e. The molecule has 7 heteroatoms. The van der Waals surface area contributed by atoms with E-state index in [0.29, 0.717) is 15.6 Å². The van der Waals surface area contributed by atoms with E-state index < -0.39 is 26.5 Å². The minimum atomic E-state index is -3.76. The van der Waals surface area contributed by atoms with E-state index in [2.05, 4.69) is 0 Å². The van der Waals surface area contributed by atoms with Gasteiger partial charge in [-0.05, 0) is 42.0 Å². The van der Waals surface area contributed by atoms with E-state index in [1.807, 2.05) is 6.07 Å². The van der Waals surface area contributed by atoms with E-state index in [4.69, 9.17) is 28.9 Å². The first-order valence-electron chi connectivity index (χ1n) is 6.76. The molecule has 2 N–H and O–H groups in total. The van der Waals surface area contributed by atoms with Crippen LogP contribution in [0.3, 0.4) is 0 Å². The number of hydrogen-bond acceptors (Lipinski definition) is 4. The Morgan fingerprint density at radius 1 is 1.09 bits per heavy atom. The SMILES string of the molecule is N#C[C@@]1(N)[C@H](c2cccc(Cl)c2)[C@@H]1S(=O)(=O)c1ccc(Cl)cc1. The van der Waals surface area contributed by atoms with Gasteiger partial charge in [-0.15, -0.1) is 0 Å². The Balaban J connectivity index is 2.05. The highest BCUT2D eigenvalue weighted by atomic mass is 35.5. The Morgan fingerprint density at radius 3 is 2.30 bits per heavy atom. The van der Waals surface area contributed by atoms with Crippen LogP contribution in [-0.4, -0.2) is 19.2 Å². The summed E-state index contributed by atoms with van der Waals surface area (Å²) in [7, 11) is -3.76. The fraction of sp³-hybridized carbons (Fsp3) is 0.188. The fourth-order valence-electron chi connectivity index (χ4n) is 2.86. The van der Waals surface area contributed by atoms with Crippen LogP contribution in [0.1, 0.15) is 11.5 Å². The monoisotopic (exact) mass is 366 g/mol. The summed E-state index contributed by atoms with van der Waals surface area (Å²) >= 11 is 11.8. The average Bonchev–Trinajstić information content (AvgIpc) is 3.15. The molecule has 1 saturated carbocycles. The molecule has 3 rings (SSSR count). The highest BCUT2D eigenvalue weighted by Gasteiger charge is 2.70. The van der Waals surface area contributed by atoms with Gasteiger partial charge in [-0.2, -0.15) is 5.26 Å². The van der Waals surface area contributed by atoms with E-state index in [0.717, 1.165) is 0 Å². The van der Waals surface area contributed by atoms with Crippen molar-refractivity contribution in [3.8, 4) is 6.07 Å². The third-order valence-electron chi connectivity index (χ3n) is 4.06. The number of hydrogen-bond donors (Lipinski definition) is 1. The van der Waals surface area contributed by atoms with Gasteiger partial charge >= 0.3 is 0 Å². The van der Waals surface area contributed by atoms with Gasteiger partial charge in [-0.1, -0.05) is 35.3 Å². The van der Waals surface area contributed by atoms with Crippen molar-refractivity contribution in [2.45, 2.75) is 21.6 Å². The zero-order valence-electron chi connectivity index (χ0n) is 11.8. The van der Waals surface area contributed by atoms with Crippen LogP contribution in [0.25, 0.3) is 0 Å². The Labute approximate surface area is 144 Å². The Bertz CT molecular complexity index is 906. The number of rotatable bonds is 3. The standard InChI is InChI=1S/C16H12Cl2N2O2S/c17-11-4-6-13(7-5-11)23(21,22)15-14(16(15,20)9-19)10-2-1-3-12(18)8-10/h1-8,14-15H,20H2/t14-,15+,16-/m1/s1. The van der Waals surface area contributed by atoms with Crippen LogP contribution in [0.2, 0.25) is 10.0 Å². The van der Waals surface area contributed by atoms with Crippen molar-refractivity contribution < 1.29 is 8.42 Å². The second-order valence-electron chi connectivity index (χ2n) is 5.50. The minimum Gasteiger partial charge on any atom is -0.312 e. The van der Waals surface area contributed by atoms with Crippen LogP contribution >= 0.6 is 23.2 Å². The van der Waals surface area contributed by atoms with Crippen molar-refractivity contribution in [3.05, 3.63) is 64.1 Å². The lowest BCUT2D eigenvalue weighted by atomic mass is 10.1. The van der Waals surface area contributed by atoms with Crippen LogP contribution in [0.4, 0.5) is 0 Å². The predicted octanol–water partition coefficient (Wildman–Crippen LogP) is 3.15. The molecule has 1 aliphatic rings. The molecule has 0 saturated heterocycles. The second-order valence-corrected chi connectivity index (χ2v) is 8.44. The molecule has 2 aromatic carbocycles. The van der Waals surface area contributed by atoms with Gasteiger partial charge in [0.15, 0.2) is 9.84 Å². The molecule has 3 atom stereocenters. The Morgan fingerprint density at radius 2 is 1.74 bits per heavy atom. The summed E-state index contributed by atoms with van der Waals surface area (Å²) in [5, 5.41) is 9.29. The number of nitrogens with zero attached hydrogens (tertiary/aromatic N) is 1.